The summed E-state index contributed by atoms with van der Waals surface area (Å²) in [4.78, 5) is 25.6. The van der Waals surface area contributed by atoms with Crippen LogP contribution in [-0.2, 0) is 4.79 Å². The maximum Gasteiger partial charge on any atom is 0.317 e. The number of carbonyl (C=O) groups is 2. The first kappa shape index (κ1) is 14.7. The highest BCUT2D eigenvalue weighted by Crippen LogP contribution is 2.43. The Morgan fingerprint density at radius 3 is 2.57 bits per heavy atom. The number of carbonyl (C=O) groups excluding carboxylic acids is 1. The van der Waals surface area contributed by atoms with Crippen molar-refractivity contribution in [1.29, 1.82) is 0 Å². The van der Waals surface area contributed by atoms with Gasteiger partial charge in [-0.2, -0.15) is 0 Å². The molecule has 3 aliphatic rings. The normalized spacial score (nSPS) is 33.4. The van der Waals surface area contributed by atoms with Gasteiger partial charge < -0.3 is 15.3 Å². The molecule has 0 radical (unpaired) electrons. The van der Waals surface area contributed by atoms with E-state index >= 15 is 0 Å². The highest BCUT2D eigenvalue weighted by Gasteiger charge is 2.51. The molecule has 21 heavy (non-hydrogen) atoms. The first-order chi connectivity index (χ1) is 10.1. The van der Waals surface area contributed by atoms with Crippen molar-refractivity contribution in [2.45, 2.75) is 70.4 Å². The van der Waals surface area contributed by atoms with Gasteiger partial charge in [-0.3, -0.25) is 4.79 Å². The fourth-order valence-corrected chi connectivity index (χ4v) is 4.71. The number of hydrogen-bond acceptors (Lipinski definition) is 2. The zero-order valence-electron chi connectivity index (χ0n) is 12.8. The topological polar surface area (TPSA) is 69.6 Å². The van der Waals surface area contributed by atoms with Gasteiger partial charge in [0.05, 0.1) is 5.92 Å². The summed E-state index contributed by atoms with van der Waals surface area (Å²) in [6.45, 7) is 2.95. The first-order valence-electron chi connectivity index (χ1n) is 8.35. The lowest BCUT2D eigenvalue weighted by molar-refractivity contribution is -0.142. The smallest absolute Gasteiger partial charge is 0.317 e. The van der Waals surface area contributed by atoms with Gasteiger partial charge in [-0.25, -0.2) is 4.79 Å². The van der Waals surface area contributed by atoms with E-state index < -0.39 is 5.97 Å². The average Bonchev–Trinajstić information content (AvgIpc) is 3.19. The summed E-state index contributed by atoms with van der Waals surface area (Å²) >= 11 is 0. The fourth-order valence-electron chi connectivity index (χ4n) is 4.71. The third kappa shape index (κ3) is 2.51. The molecule has 3 atom stereocenters. The van der Waals surface area contributed by atoms with E-state index in [1.807, 2.05) is 4.90 Å². The molecule has 3 fully saturated rings. The second-order valence-electron chi connectivity index (χ2n) is 7.11. The summed E-state index contributed by atoms with van der Waals surface area (Å²) in [5.74, 6) is -1.11. The van der Waals surface area contributed by atoms with Crippen LogP contribution < -0.4 is 5.32 Å². The quantitative estimate of drug-likeness (QED) is 0.837. The third-order valence-electron chi connectivity index (χ3n) is 6.12. The lowest BCUT2D eigenvalue weighted by Crippen LogP contribution is -2.47. The summed E-state index contributed by atoms with van der Waals surface area (Å²) in [5, 5.41) is 12.4. The predicted molar refractivity (Wildman–Crippen MR) is 79.0 cm³/mol. The number of urea groups is 1. The molecule has 2 heterocycles. The summed E-state index contributed by atoms with van der Waals surface area (Å²) in [5.41, 5.74) is 0.278. The Morgan fingerprint density at radius 2 is 2.00 bits per heavy atom. The van der Waals surface area contributed by atoms with Crippen molar-refractivity contribution in [2.24, 2.45) is 11.3 Å². The van der Waals surface area contributed by atoms with Crippen LogP contribution in [0.4, 0.5) is 4.79 Å². The lowest BCUT2D eigenvalue weighted by Gasteiger charge is -2.30. The van der Waals surface area contributed by atoms with Gasteiger partial charge in [0.15, 0.2) is 0 Å². The molecular weight excluding hydrogens is 268 g/mol. The van der Waals surface area contributed by atoms with Crippen LogP contribution in [0.3, 0.4) is 0 Å². The molecule has 5 nitrogen and oxygen atoms in total. The van der Waals surface area contributed by atoms with Crippen LogP contribution in [0, 0.1) is 11.3 Å². The van der Waals surface area contributed by atoms with Gasteiger partial charge in [-0.15, -0.1) is 0 Å². The molecule has 0 aromatic heterocycles. The molecule has 118 valence electrons. The van der Waals surface area contributed by atoms with Crippen LogP contribution in [-0.4, -0.2) is 40.6 Å². The number of carboxylic acids is 1. The van der Waals surface area contributed by atoms with E-state index in [-0.39, 0.29) is 29.4 Å². The van der Waals surface area contributed by atoms with E-state index in [0.29, 0.717) is 6.42 Å². The second-order valence-corrected chi connectivity index (χ2v) is 7.11. The number of aliphatic carboxylic acids is 1. The van der Waals surface area contributed by atoms with Gasteiger partial charge in [0.1, 0.15) is 0 Å². The number of rotatable bonds is 4. The number of hydrogen-bond donors (Lipinski definition) is 2. The average molecular weight is 294 g/mol. The molecule has 0 spiro atoms. The number of amides is 2. The van der Waals surface area contributed by atoms with E-state index in [2.05, 4.69) is 12.2 Å². The van der Waals surface area contributed by atoms with E-state index in [4.69, 9.17) is 0 Å². The minimum absolute atomic E-state index is 0.0361. The van der Waals surface area contributed by atoms with Gasteiger partial charge in [0, 0.05) is 18.6 Å². The molecule has 0 aromatic rings. The maximum atomic E-state index is 12.5. The zero-order valence-corrected chi connectivity index (χ0v) is 12.8. The van der Waals surface area contributed by atoms with Crippen molar-refractivity contribution in [3.63, 3.8) is 0 Å². The molecule has 1 saturated carbocycles. The van der Waals surface area contributed by atoms with Crippen LogP contribution in [0.15, 0.2) is 0 Å². The molecule has 2 aliphatic heterocycles. The molecule has 3 unspecified atom stereocenters. The third-order valence-corrected chi connectivity index (χ3v) is 6.12. The fraction of sp³-hybridized carbons (Fsp3) is 0.875. The zero-order chi connectivity index (χ0) is 15.0. The van der Waals surface area contributed by atoms with Crippen molar-refractivity contribution >= 4 is 12.0 Å². The van der Waals surface area contributed by atoms with Crippen molar-refractivity contribution < 1.29 is 14.7 Å². The Hall–Kier alpha value is -1.26. The molecule has 2 saturated heterocycles. The maximum absolute atomic E-state index is 12.5. The lowest BCUT2D eigenvalue weighted by atomic mass is 9.83. The Kier molecular flexibility index (Phi) is 3.84. The van der Waals surface area contributed by atoms with Crippen LogP contribution in [0.25, 0.3) is 0 Å². The molecule has 2 N–H and O–H groups in total. The van der Waals surface area contributed by atoms with Crippen molar-refractivity contribution in [3.05, 3.63) is 0 Å². The molecule has 5 heteroatoms. The van der Waals surface area contributed by atoms with Crippen LogP contribution in [0.5, 0.6) is 0 Å². The van der Waals surface area contributed by atoms with Gasteiger partial charge in [-0.05, 0) is 43.9 Å². The number of carboxylic acid groups (broad SMARTS) is 1. The van der Waals surface area contributed by atoms with Gasteiger partial charge in [0.2, 0.25) is 0 Å². The molecular formula is C16H26N2O3. The molecule has 0 aromatic carbocycles. The molecule has 2 amide bonds. The van der Waals surface area contributed by atoms with Gasteiger partial charge in [-0.1, -0.05) is 19.8 Å². The summed E-state index contributed by atoms with van der Waals surface area (Å²) < 4.78 is 0. The first-order valence-corrected chi connectivity index (χ1v) is 8.35. The monoisotopic (exact) mass is 294 g/mol. The van der Waals surface area contributed by atoms with Crippen LogP contribution >= 0.6 is 0 Å². The van der Waals surface area contributed by atoms with Crippen molar-refractivity contribution in [1.82, 2.24) is 10.2 Å². The molecule has 1 aliphatic carbocycles. The number of nitrogens with one attached hydrogen (secondary N) is 1. The van der Waals surface area contributed by atoms with Crippen molar-refractivity contribution in [2.75, 3.05) is 6.54 Å². The number of fused-ring (bicyclic) bond motifs is 2. The summed E-state index contributed by atoms with van der Waals surface area (Å²) in [6.07, 6.45) is 8.47. The summed E-state index contributed by atoms with van der Waals surface area (Å²) in [7, 11) is 0. The van der Waals surface area contributed by atoms with E-state index in [9.17, 15) is 14.7 Å². The van der Waals surface area contributed by atoms with Gasteiger partial charge >= 0.3 is 12.0 Å². The Morgan fingerprint density at radius 1 is 1.29 bits per heavy atom. The van der Waals surface area contributed by atoms with Crippen LogP contribution in [0.1, 0.15) is 58.3 Å². The van der Waals surface area contributed by atoms with E-state index in [1.54, 1.807) is 0 Å². The number of nitrogens with zero attached hydrogens (tertiary/aromatic N) is 1. The minimum Gasteiger partial charge on any atom is -0.481 e. The van der Waals surface area contributed by atoms with Crippen molar-refractivity contribution in [3.8, 4) is 0 Å². The van der Waals surface area contributed by atoms with Gasteiger partial charge in [0.25, 0.3) is 0 Å². The summed E-state index contributed by atoms with van der Waals surface area (Å²) in [6, 6.07) is 0.0110. The molecule has 3 rings (SSSR count). The SMILES string of the molecule is CCC1(CNC(=O)N2C3CCC2C(C(=O)O)C3)CCCC1. The Labute approximate surface area is 126 Å². The van der Waals surface area contributed by atoms with Crippen LogP contribution in [0.2, 0.25) is 0 Å². The largest absolute Gasteiger partial charge is 0.481 e. The standard InChI is InChI=1S/C16H26N2O3/c1-2-16(7-3-4-8-16)10-17-15(21)18-11-5-6-13(18)12(9-11)14(19)20/h11-13H,2-10H2,1H3,(H,17,21)(H,19,20). The van der Waals surface area contributed by atoms with E-state index in [0.717, 1.165) is 25.8 Å². The molecule has 2 bridgehead atoms. The Bertz CT molecular complexity index is 431. The minimum atomic E-state index is -0.749. The highest BCUT2D eigenvalue weighted by atomic mass is 16.4. The van der Waals surface area contributed by atoms with E-state index in [1.165, 1.54) is 25.7 Å². The Balaban J connectivity index is 1.60. The predicted octanol–water partition coefficient (Wildman–Crippen LogP) is 2.60. The highest BCUT2D eigenvalue weighted by molar-refractivity contribution is 5.79. The second kappa shape index (κ2) is 5.50.